The summed E-state index contributed by atoms with van der Waals surface area (Å²) < 4.78 is 0. The van der Waals surface area contributed by atoms with Gasteiger partial charge in [0.15, 0.2) is 0 Å². The fraction of sp³-hybridized carbons (Fsp3) is 0.200. The van der Waals surface area contributed by atoms with Gasteiger partial charge in [-0.1, -0.05) is 103 Å². The molecular formula is C25H25LiO. The van der Waals surface area contributed by atoms with Gasteiger partial charge in [-0.05, 0) is 42.0 Å². The maximum atomic E-state index is 12.3. The number of aryl methyl sites for hydroxylation is 3. The van der Waals surface area contributed by atoms with Crippen LogP contribution in [0.5, 0.6) is 5.75 Å². The molecule has 0 unspecified atom stereocenters. The van der Waals surface area contributed by atoms with Crippen LogP contribution in [-0.2, 0) is 12.8 Å². The zero-order valence-electron chi connectivity index (χ0n) is 16.8. The molecule has 3 aromatic rings. The Kier molecular flexibility index (Phi) is 7.54. The summed E-state index contributed by atoms with van der Waals surface area (Å²) in [5.41, 5.74) is 7.74. The molecule has 0 N–H and O–H groups in total. The van der Waals surface area contributed by atoms with E-state index < -0.39 is 0 Å². The van der Waals surface area contributed by atoms with Crippen LogP contribution in [0.2, 0.25) is 0 Å². The van der Waals surface area contributed by atoms with Crippen LogP contribution < -0.4 is 24.0 Å². The quantitative estimate of drug-likeness (QED) is 0.513. The molecule has 0 saturated heterocycles. The van der Waals surface area contributed by atoms with Crippen molar-refractivity contribution in [2.24, 2.45) is 0 Å². The van der Waals surface area contributed by atoms with Crippen molar-refractivity contribution in [3.05, 3.63) is 88.5 Å². The Hall–Kier alpha value is -2.20. The molecule has 1 nitrogen and oxygen atoms in total. The van der Waals surface area contributed by atoms with Gasteiger partial charge in [0, 0.05) is 0 Å². The van der Waals surface area contributed by atoms with Crippen LogP contribution in [0.1, 0.15) is 41.7 Å². The largest absolute Gasteiger partial charge is 1.00 e. The van der Waals surface area contributed by atoms with Crippen molar-refractivity contribution in [2.75, 3.05) is 0 Å². The monoisotopic (exact) mass is 348 g/mol. The zero-order valence-corrected chi connectivity index (χ0v) is 16.8. The average Bonchev–Trinajstić information content (AvgIpc) is 2.68. The fourth-order valence-electron chi connectivity index (χ4n) is 3.10. The van der Waals surface area contributed by atoms with Gasteiger partial charge in [0.1, 0.15) is 0 Å². The van der Waals surface area contributed by atoms with Crippen LogP contribution in [0.4, 0.5) is 0 Å². The van der Waals surface area contributed by atoms with Crippen LogP contribution >= 0.6 is 0 Å². The second-order valence-electron chi connectivity index (χ2n) is 6.70. The van der Waals surface area contributed by atoms with Gasteiger partial charge in [-0.25, -0.2) is 0 Å². The third kappa shape index (κ3) is 5.16. The topological polar surface area (TPSA) is 23.1 Å². The first kappa shape index (κ1) is 21.1. The van der Waals surface area contributed by atoms with Crippen molar-refractivity contribution >= 4 is 12.2 Å². The van der Waals surface area contributed by atoms with Crippen LogP contribution in [0.25, 0.3) is 23.3 Å². The molecule has 3 rings (SSSR count). The van der Waals surface area contributed by atoms with Gasteiger partial charge in [-0.3, -0.25) is 0 Å². The van der Waals surface area contributed by atoms with Gasteiger partial charge < -0.3 is 5.11 Å². The third-order valence-corrected chi connectivity index (χ3v) is 4.79. The summed E-state index contributed by atoms with van der Waals surface area (Å²) in [6.45, 7) is 6.18. The molecule has 0 aliphatic rings. The number of benzene rings is 3. The van der Waals surface area contributed by atoms with Crippen molar-refractivity contribution in [1.82, 2.24) is 0 Å². The Morgan fingerprint density at radius 2 is 1.15 bits per heavy atom. The summed E-state index contributed by atoms with van der Waals surface area (Å²) in [5.74, 6) is 0.205. The number of hydrogen-bond acceptors (Lipinski definition) is 1. The second-order valence-corrected chi connectivity index (χ2v) is 6.70. The first-order valence-corrected chi connectivity index (χ1v) is 9.28. The molecule has 0 fully saturated rings. The fourth-order valence-corrected chi connectivity index (χ4v) is 3.10. The van der Waals surface area contributed by atoms with Crippen LogP contribution in [0, 0.1) is 6.92 Å². The predicted molar refractivity (Wildman–Crippen MR) is 110 cm³/mol. The Labute approximate surface area is 175 Å². The van der Waals surface area contributed by atoms with E-state index in [9.17, 15) is 5.11 Å². The molecule has 0 atom stereocenters. The molecule has 0 spiro atoms. The van der Waals surface area contributed by atoms with Gasteiger partial charge in [-0.2, -0.15) is 0 Å². The van der Waals surface area contributed by atoms with E-state index in [4.69, 9.17) is 0 Å². The molecule has 0 radical (unpaired) electrons. The third-order valence-electron chi connectivity index (χ3n) is 4.79. The van der Waals surface area contributed by atoms with E-state index in [1.165, 1.54) is 16.7 Å². The molecule has 3 aromatic carbocycles. The molecule has 0 bridgehead atoms. The van der Waals surface area contributed by atoms with Crippen LogP contribution in [0.3, 0.4) is 0 Å². The first-order chi connectivity index (χ1) is 12.6. The van der Waals surface area contributed by atoms with E-state index >= 15 is 0 Å². The molecule has 0 saturated carbocycles. The second kappa shape index (κ2) is 9.65. The van der Waals surface area contributed by atoms with E-state index in [2.05, 4.69) is 67.6 Å². The number of hydrogen-bond donors (Lipinski definition) is 0. The van der Waals surface area contributed by atoms with Crippen molar-refractivity contribution in [3.63, 3.8) is 0 Å². The Bertz CT molecular complexity index is 881. The van der Waals surface area contributed by atoms with Gasteiger partial charge in [0.25, 0.3) is 0 Å². The maximum Gasteiger partial charge on any atom is 1.00 e. The SMILES string of the molecule is CCc1cc(-c2ccc(/C=C/c3ccc(C)cc3)cc2)cc(CC)c1[O-].[Li+]. The van der Waals surface area contributed by atoms with Gasteiger partial charge in [0.05, 0.1) is 0 Å². The summed E-state index contributed by atoms with van der Waals surface area (Å²) in [5, 5.41) is 12.3. The van der Waals surface area contributed by atoms with E-state index in [1.807, 2.05) is 26.0 Å². The van der Waals surface area contributed by atoms with E-state index in [0.29, 0.717) is 0 Å². The summed E-state index contributed by atoms with van der Waals surface area (Å²) in [6, 6.07) is 21.1. The molecule has 132 valence electrons. The maximum absolute atomic E-state index is 12.3. The Morgan fingerprint density at radius 3 is 1.59 bits per heavy atom. The Morgan fingerprint density at radius 1 is 0.704 bits per heavy atom. The molecule has 27 heavy (non-hydrogen) atoms. The van der Waals surface area contributed by atoms with Gasteiger partial charge >= 0.3 is 18.9 Å². The zero-order chi connectivity index (χ0) is 18.5. The van der Waals surface area contributed by atoms with Gasteiger partial charge in [0.2, 0.25) is 0 Å². The summed E-state index contributed by atoms with van der Waals surface area (Å²) in [6.07, 6.45) is 5.81. The normalized spacial score (nSPS) is 10.8. The summed E-state index contributed by atoms with van der Waals surface area (Å²) in [4.78, 5) is 0. The first-order valence-electron chi connectivity index (χ1n) is 9.28. The van der Waals surface area contributed by atoms with Crippen LogP contribution in [0.15, 0.2) is 60.7 Å². The molecule has 0 aliphatic carbocycles. The Balaban J connectivity index is 0.00000261. The molecule has 0 aliphatic heterocycles. The number of rotatable bonds is 5. The summed E-state index contributed by atoms with van der Waals surface area (Å²) in [7, 11) is 0. The standard InChI is InChI=1S/C25H26O.Li/c1-4-21-16-24(17-22(5-2)25(21)26)23-14-12-20(13-15-23)11-10-19-8-6-18(3)7-9-19;/h6-17,26H,4-5H2,1-3H3;/q;+1/p-1/b11-10+;. The summed E-state index contributed by atoms with van der Waals surface area (Å²) >= 11 is 0. The minimum atomic E-state index is 0. The van der Waals surface area contributed by atoms with Gasteiger partial charge in [-0.15, -0.1) is 5.75 Å². The van der Waals surface area contributed by atoms with E-state index in [0.717, 1.165) is 35.1 Å². The van der Waals surface area contributed by atoms with Crippen molar-refractivity contribution in [3.8, 4) is 16.9 Å². The minimum Gasteiger partial charge on any atom is -0.872 e. The van der Waals surface area contributed by atoms with E-state index in [-0.39, 0.29) is 24.6 Å². The average molecular weight is 348 g/mol. The predicted octanol–water partition coefficient (Wildman–Crippen LogP) is 3.03. The van der Waals surface area contributed by atoms with Crippen molar-refractivity contribution < 1.29 is 24.0 Å². The van der Waals surface area contributed by atoms with E-state index in [1.54, 1.807) is 0 Å². The van der Waals surface area contributed by atoms with Crippen molar-refractivity contribution in [2.45, 2.75) is 33.6 Å². The van der Waals surface area contributed by atoms with Crippen LogP contribution in [-0.4, -0.2) is 0 Å². The molecular weight excluding hydrogens is 323 g/mol. The van der Waals surface area contributed by atoms with Crippen molar-refractivity contribution in [1.29, 1.82) is 0 Å². The molecule has 0 heterocycles. The molecule has 0 aromatic heterocycles. The minimum absolute atomic E-state index is 0. The molecule has 0 amide bonds. The smallest absolute Gasteiger partial charge is 0.872 e. The molecule has 2 heteroatoms.